The molecule has 58 valence electrons. The van der Waals surface area contributed by atoms with E-state index < -0.39 is 0 Å². The first-order valence-electron chi connectivity index (χ1n) is 4.06. The third kappa shape index (κ3) is 1.11. The van der Waals surface area contributed by atoms with Crippen LogP contribution in [0.4, 0.5) is 0 Å². The highest BCUT2D eigenvalue weighted by molar-refractivity contribution is 5.39. The van der Waals surface area contributed by atoms with Crippen molar-refractivity contribution in [1.29, 1.82) is 0 Å². The summed E-state index contributed by atoms with van der Waals surface area (Å²) in [5, 5.41) is 0. The van der Waals surface area contributed by atoms with Crippen LogP contribution in [0.5, 0.6) is 5.75 Å². The van der Waals surface area contributed by atoms with Crippen LogP contribution in [-0.2, 0) is 12.8 Å². The predicted molar refractivity (Wildman–Crippen MR) is 45.0 cm³/mol. The molecule has 1 aliphatic rings. The van der Waals surface area contributed by atoms with Gasteiger partial charge in [-0.1, -0.05) is 12.1 Å². The minimum absolute atomic E-state index is 1.05. The van der Waals surface area contributed by atoms with Crippen LogP contribution < -0.4 is 4.74 Å². The average Bonchev–Trinajstić information content (AvgIpc) is 2.06. The van der Waals surface area contributed by atoms with Crippen molar-refractivity contribution in [2.75, 3.05) is 7.11 Å². The first kappa shape index (κ1) is 6.71. The van der Waals surface area contributed by atoms with Gasteiger partial charge in [0.1, 0.15) is 5.75 Å². The van der Waals surface area contributed by atoms with E-state index in [1.165, 1.54) is 30.4 Å². The molecule has 0 radical (unpaired) electrons. The molecule has 0 aliphatic heterocycles. The van der Waals surface area contributed by atoms with Gasteiger partial charge in [0.25, 0.3) is 0 Å². The summed E-state index contributed by atoms with van der Waals surface area (Å²) >= 11 is 0. The Morgan fingerprint density at radius 3 is 3.00 bits per heavy atom. The van der Waals surface area contributed by atoms with Crippen molar-refractivity contribution >= 4 is 0 Å². The lowest BCUT2D eigenvalue weighted by Crippen LogP contribution is -2.01. The van der Waals surface area contributed by atoms with Gasteiger partial charge in [0, 0.05) is 0 Å². The van der Waals surface area contributed by atoms with Crippen molar-refractivity contribution in [3.8, 4) is 5.75 Å². The summed E-state index contributed by atoms with van der Waals surface area (Å²) in [6.07, 6.45) is 3.69. The highest BCUT2D eigenvalue weighted by Crippen LogP contribution is 2.26. The van der Waals surface area contributed by atoms with Gasteiger partial charge in [-0.15, -0.1) is 0 Å². The maximum atomic E-state index is 5.23. The Labute approximate surface area is 67.0 Å². The number of ether oxygens (including phenoxy) is 1. The molecule has 0 heterocycles. The molecule has 0 amide bonds. The number of fused-ring (bicyclic) bond motifs is 2. The highest BCUT2D eigenvalue weighted by atomic mass is 16.5. The molecule has 2 rings (SSSR count). The lowest BCUT2D eigenvalue weighted by Gasteiger charge is -2.14. The van der Waals surface area contributed by atoms with Crippen LogP contribution in [0.25, 0.3) is 0 Å². The normalized spacial score (nSPS) is 14.6. The van der Waals surface area contributed by atoms with Crippen LogP contribution in [0.2, 0.25) is 0 Å². The van der Waals surface area contributed by atoms with E-state index in [9.17, 15) is 0 Å². The number of hydrogen-bond acceptors (Lipinski definition) is 1. The number of methoxy groups -OCH3 is 1. The molecule has 0 atom stereocenters. The summed E-state index contributed by atoms with van der Waals surface area (Å²) < 4.78 is 5.23. The Balaban J connectivity index is 2.46. The second kappa shape index (κ2) is 2.57. The molecule has 0 aromatic heterocycles. The van der Waals surface area contributed by atoms with Crippen molar-refractivity contribution in [1.82, 2.24) is 0 Å². The summed E-state index contributed by atoms with van der Waals surface area (Å²) in [4.78, 5) is 0. The van der Waals surface area contributed by atoms with Gasteiger partial charge in [-0.2, -0.15) is 0 Å². The molecule has 11 heavy (non-hydrogen) atoms. The fourth-order valence-electron chi connectivity index (χ4n) is 1.67. The number of benzene rings is 1. The maximum Gasteiger partial charge on any atom is 0.122 e. The molecular formula is C10H12O. The zero-order chi connectivity index (χ0) is 7.68. The summed E-state index contributed by atoms with van der Waals surface area (Å²) in [6, 6.07) is 6.48. The average molecular weight is 148 g/mol. The summed E-state index contributed by atoms with van der Waals surface area (Å²) in [7, 11) is 1.74. The van der Waals surface area contributed by atoms with E-state index >= 15 is 0 Å². The smallest absolute Gasteiger partial charge is 0.122 e. The van der Waals surface area contributed by atoms with Gasteiger partial charge in [-0.25, -0.2) is 0 Å². The van der Waals surface area contributed by atoms with Crippen LogP contribution in [0.1, 0.15) is 17.5 Å². The van der Waals surface area contributed by atoms with Gasteiger partial charge in [0.2, 0.25) is 0 Å². The Morgan fingerprint density at radius 2 is 2.18 bits per heavy atom. The van der Waals surface area contributed by atoms with Crippen molar-refractivity contribution in [3.05, 3.63) is 29.3 Å². The molecule has 0 unspecified atom stereocenters. The molecule has 1 aliphatic carbocycles. The first-order chi connectivity index (χ1) is 5.40. The topological polar surface area (TPSA) is 9.23 Å². The van der Waals surface area contributed by atoms with E-state index in [1.54, 1.807) is 7.11 Å². The van der Waals surface area contributed by atoms with Crippen molar-refractivity contribution in [2.45, 2.75) is 19.3 Å². The van der Waals surface area contributed by atoms with Crippen molar-refractivity contribution in [2.24, 2.45) is 0 Å². The fourth-order valence-corrected chi connectivity index (χ4v) is 1.67. The lowest BCUT2D eigenvalue weighted by molar-refractivity contribution is 0.407. The predicted octanol–water partition coefficient (Wildman–Crippen LogP) is 2.18. The fraction of sp³-hybridized carbons (Fsp3) is 0.400. The Hall–Kier alpha value is -0.980. The molecule has 1 heteroatoms. The molecule has 2 bridgehead atoms. The monoisotopic (exact) mass is 148 g/mol. The summed E-state index contributed by atoms with van der Waals surface area (Å²) in [5.74, 6) is 1.05. The quantitative estimate of drug-likeness (QED) is 0.593. The van der Waals surface area contributed by atoms with E-state index in [2.05, 4.69) is 18.2 Å². The van der Waals surface area contributed by atoms with Gasteiger partial charge in [-0.05, 0) is 36.5 Å². The minimum atomic E-state index is 1.05. The van der Waals surface area contributed by atoms with Crippen LogP contribution in [0.15, 0.2) is 18.2 Å². The minimum Gasteiger partial charge on any atom is -0.496 e. The standard InChI is InChI=1S/C10H12O/c1-11-10-6-5-8-3-2-4-9(10)7-8/h5-7H,2-4H2,1H3. The zero-order valence-corrected chi connectivity index (χ0v) is 6.76. The van der Waals surface area contributed by atoms with E-state index in [-0.39, 0.29) is 0 Å². The third-order valence-electron chi connectivity index (χ3n) is 2.26. The highest BCUT2D eigenvalue weighted by Gasteiger charge is 2.08. The van der Waals surface area contributed by atoms with Gasteiger partial charge < -0.3 is 4.74 Å². The zero-order valence-electron chi connectivity index (χ0n) is 6.76. The summed E-state index contributed by atoms with van der Waals surface area (Å²) in [6.45, 7) is 0. The van der Waals surface area contributed by atoms with Gasteiger partial charge >= 0.3 is 0 Å². The third-order valence-corrected chi connectivity index (χ3v) is 2.26. The SMILES string of the molecule is COc1ccc2cc1CCC2. The van der Waals surface area contributed by atoms with E-state index in [0.29, 0.717) is 0 Å². The molecule has 0 spiro atoms. The van der Waals surface area contributed by atoms with Gasteiger partial charge in [0.15, 0.2) is 0 Å². The number of aryl methyl sites for hydroxylation is 2. The second-order valence-electron chi connectivity index (χ2n) is 3.00. The van der Waals surface area contributed by atoms with Crippen LogP contribution in [0.3, 0.4) is 0 Å². The summed E-state index contributed by atoms with van der Waals surface area (Å²) in [5.41, 5.74) is 2.82. The molecule has 0 saturated carbocycles. The molecule has 1 nitrogen and oxygen atoms in total. The van der Waals surface area contributed by atoms with Crippen molar-refractivity contribution < 1.29 is 4.74 Å². The van der Waals surface area contributed by atoms with E-state index in [4.69, 9.17) is 4.74 Å². The van der Waals surface area contributed by atoms with Gasteiger partial charge in [0.05, 0.1) is 7.11 Å². The Morgan fingerprint density at radius 1 is 1.27 bits per heavy atom. The molecule has 1 aromatic rings. The maximum absolute atomic E-state index is 5.23. The molecule has 1 aromatic carbocycles. The van der Waals surface area contributed by atoms with Crippen molar-refractivity contribution in [3.63, 3.8) is 0 Å². The van der Waals surface area contributed by atoms with E-state index in [1.807, 2.05) is 0 Å². The molecule has 0 fully saturated rings. The molecule has 0 saturated heterocycles. The van der Waals surface area contributed by atoms with Crippen LogP contribution in [0, 0.1) is 0 Å². The molecule has 0 N–H and O–H groups in total. The second-order valence-corrected chi connectivity index (χ2v) is 3.00. The van der Waals surface area contributed by atoms with Gasteiger partial charge in [-0.3, -0.25) is 0 Å². The number of rotatable bonds is 1. The van der Waals surface area contributed by atoms with Crippen LogP contribution in [-0.4, -0.2) is 7.11 Å². The van der Waals surface area contributed by atoms with Crippen LogP contribution >= 0.6 is 0 Å². The largest absolute Gasteiger partial charge is 0.496 e. The number of hydrogen-bond donors (Lipinski definition) is 0. The Bertz CT molecular complexity index is 266. The van der Waals surface area contributed by atoms with E-state index in [0.717, 1.165) is 5.75 Å². The first-order valence-corrected chi connectivity index (χ1v) is 4.06. The molecular weight excluding hydrogens is 136 g/mol. The lowest BCUT2D eigenvalue weighted by atomic mass is 9.95. The Kier molecular flexibility index (Phi) is 1.57.